The summed E-state index contributed by atoms with van der Waals surface area (Å²) in [6.45, 7) is 4.52. The Morgan fingerprint density at radius 1 is 1.29 bits per heavy atom. The van der Waals surface area contributed by atoms with Crippen molar-refractivity contribution in [1.82, 2.24) is 4.90 Å². The maximum absolute atomic E-state index is 5.17. The Hall–Kier alpha value is -0.770. The van der Waals surface area contributed by atoms with Crippen LogP contribution in [0.2, 0.25) is 0 Å². The highest BCUT2D eigenvalue weighted by atomic mass is 32.1. The van der Waals surface area contributed by atoms with E-state index in [1.807, 2.05) is 6.08 Å². The lowest BCUT2D eigenvalue weighted by molar-refractivity contribution is 0.280. The Labute approximate surface area is 109 Å². The van der Waals surface area contributed by atoms with Crippen LogP contribution >= 0.6 is 12.2 Å². The van der Waals surface area contributed by atoms with Crippen molar-refractivity contribution in [2.24, 2.45) is 16.1 Å². The molecule has 1 unspecified atom stereocenters. The molecular weight excluding hydrogens is 230 g/mol. The van der Waals surface area contributed by atoms with E-state index in [0.29, 0.717) is 5.11 Å². The summed E-state index contributed by atoms with van der Waals surface area (Å²) in [5, 5.41) is 8.90. The Morgan fingerprint density at radius 3 is 2.76 bits per heavy atom. The molecule has 1 aliphatic carbocycles. The van der Waals surface area contributed by atoms with Gasteiger partial charge in [-0.15, -0.1) is 11.7 Å². The molecule has 0 aromatic rings. The number of thiocarbonyl (C=S) groups is 1. The molecule has 1 aliphatic heterocycles. The van der Waals surface area contributed by atoms with Crippen molar-refractivity contribution in [1.29, 1.82) is 0 Å². The molecule has 0 aromatic carbocycles. The third-order valence-electron chi connectivity index (χ3n) is 3.77. The quantitative estimate of drug-likeness (QED) is 0.547. The highest BCUT2D eigenvalue weighted by Crippen LogP contribution is 2.29. The molecule has 0 radical (unpaired) electrons. The van der Waals surface area contributed by atoms with E-state index in [1.54, 1.807) is 0 Å². The molecule has 0 aromatic heterocycles. The van der Waals surface area contributed by atoms with Gasteiger partial charge in [-0.3, -0.25) is 0 Å². The molecule has 2 aliphatic rings. The molecule has 94 valence electrons. The summed E-state index contributed by atoms with van der Waals surface area (Å²) in [5.41, 5.74) is 0. The van der Waals surface area contributed by atoms with Gasteiger partial charge >= 0.3 is 0 Å². The van der Waals surface area contributed by atoms with Crippen LogP contribution in [0.1, 0.15) is 44.9 Å². The zero-order valence-corrected chi connectivity index (χ0v) is 11.2. The van der Waals surface area contributed by atoms with Crippen LogP contribution < -0.4 is 0 Å². The number of azo groups is 1. The van der Waals surface area contributed by atoms with Gasteiger partial charge in [0.15, 0.2) is 0 Å². The average Bonchev–Trinajstić information content (AvgIpc) is 2.70. The van der Waals surface area contributed by atoms with E-state index in [9.17, 15) is 0 Å². The van der Waals surface area contributed by atoms with Crippen LogP contribution in [-0.2, 0) is 0 Å². The fraction of sp³-hybridized carbons (Fsp3) is 0.769. The van der Waals surface area contributed by atoms with Crippen molar-refractivity contribution < 1.29 is 0 Å². The first-order chi connectivity index (χ1) is 8.31. The zero-order valence-electron chi connectivity index (χ0n) is 10.3. The van der Waals surface area contributed by atoms with Gasteiger partial charge in [-0.25, -0.2) is 0 Å². The second kappa shape index (κ2) is 6.24. The highest BCUT2D eigenvalue weighted by molar-refractivity contribution is 7.80. The highest BCUT2D eigenvalue weighted by Gasteiger charge is 2.26. The molecule has 2 rings (SSSR count). The number of rotatable bonds is 5. The van der Waals surface area contributed by atoms with E-state index >= 15 is 0 Å². The van der Waals surface area contributed by atoms with Gasteiger partial charge in [0.05, 0.1) is 0 Å². The summed E-state index contributed by atoms with van der Waals surface area (Å²) in [5.74, 6) is 0.902. The molecule has 1 saturated carbocycles. The van der Waals surface area contributed by atoms with Gasteiger partial charge in [-0.2, -0.15) is 5.11 Å². The molecule has 0 spiro atoms. The maximum Gasteiger partial charge on any atom is 0.218 e. The summed E-state index contributed by atoms with van der Waals surface area (Å²) >= 11 is 5.17. The molecule has 0 N–H and O–H groups in total. The summed E-state index contributed by atoms with van der Waals surface area (Å²) in [6.07, 6.45) is 11.4. The molecule has 17 heavy (non-hydrogen) atoms. The van der Waals surface area contributed by atoms with Crippen LogP contribution in [-0.4, -0.2) is 22.7 Å². The summed E-state index contributed by atoms with van der Waals surface area (Å²) in [7, 11) is 0. The molecule has 0 bridgehead atoms. The number of hydrogen-bond acceptors (Lipinski definition) is 2. The lowest BCUT2D eigenvalue weighted by Gasteiger charge is -2.25. The van der Waals surface area contributed by atoms with Crippen molar-refractivity contribution in [3.05, 3.63) is 12.7 Å². The van der Waals surface area contributed by atoms with Crippen LogP contribution in [0.15, 0.2) is 22.9 Å². The maximum atomic E-state index is 5.17. The Kier molecular flexibility index (Phi) is 4.66. The van der Waals surface area contributed by atoms with Crippen molar-refractivity contribution in [2.75, 3.05) is 6.54 Å². The molecule has 1 atom stereocenters. The molecule has 4 heteroatoms. The van der Waals surface area contributed by atoms with E-state index < -0.39 is 0 Å². The monoisotopic (exact) mass is 251 g/mol. The fourth-order valence-electron chi connectivity index (χ4n) is 2.78. The third-order valence-corrected chi connectivity index (χ3v) is 4.08. The van der Waals surface area contributed by atoms with Crippen LogP contribution in [0.5, 0.6) is 0 Å². The first kappa shape index (κ1) is 12.7. The van der Waals surface area contributed by atoms with E-state index in [2.05, 4.69) is 21.7 Å². The summed E-state index contributed by atoms with van der Waals surface area (Å²) in [6, 6.07) is 0. The van der Waals surface area contributed by atoms with Gasteiger partial charge in [-0.05, 0) is 31.0 Å². The second-order valence-electron chi connectivity index (χ2n) is 5.00. The van der Waals surface area contributed by atoms with Crippen molar-refractivity contribution >= 4 is 17.3 Å². The minimum Gasteiger partial charge on any atom is -0.318 e. The van der Waals surface area contributed by atoms with E-state index in [4.69, 9.17) is 12.2 Å². The lowest BCUT2D eigenvalue weighted by atomic mass is 9.86. The lowest BCUT2D eigenvalue weighted by Crippen LogP contribution is -2.33. The van der Waals surface area contributed by atoms with Crippen molar-refractivity contribution in [3.63, 3.8) is 0 Å². The Bertz CT molecular complexity index is 308. The fourth-order valence-corrected chi connectivity index (χ4v) is 3.02. The zero-order chi connectivity index (χ0) is 12.1. The molecule has 0 amide bonds. The first-order valence-electron chi connectivity index (χ1n) is 6.63. The molecule has 0 saturated heterocycles. The summed E-state index contributed by atoms with van der Waals surface area (Å²) < 4.78 is 0. The molecular formula is C13H21N3S. The molecule has 3 nitrogen and oxygen atoms in total. The van der Waals surface area contributed by atoms with Crippen LogP contribution in [0.3, 0.4) is 0 Å². The number of nitrogens with zero attached hydrogens (tertiary/aromatic N) is 3. The normalized spacial score (nSPS) is 25.5. The topological polar surface area (TPSA) is 28.0 Å². The van der Waals surface area contributed by atoms with Gasteiger partial charge in [0.25, 0.3) is 0 Å². The Morgan fingerprint density at radius 2 is 2.06 bits per heavy atom. The molecule has 1 heterocycles. The van der Waals surface area contributed by atoms with Crippen molar-refractivity contribution in [2.45, 2.75) is 51.1 Å². The van der Waals surface area contributed by atoms with Crippen LogP contribution in [0, 0.1) is 5.92 Å². The van der Waals surface area contributed by atoms with E-state index in [0.717, 1.165) is 18.9 Å². The first-order valence-corrected chi connectivity index (χ1v) is 7.04. The Balaban J connectivity index is 1.79. The standard InChI is InChI=1S/C13H21N3S/c1-2-10-16-12(14-15-13(16)17)9-8-11-6-4-3-5-7-11/h2,11-12H,1,3-10H2. The largest absolute Gasteiger partial charge is 0.318 e. The predicted molar refractivity (Wildman–Crippen MR) is 74.0 cm³/mol. The minimum atomic E-state index is 0.169. The number of hydrogen-bond donors (Lipinski definition) is 0. The summed E-state index contributed by atoms with van der Waals surface area (Å²) in [4.78, 5) is 2.07. The SMILES string of the molecule is C=CCN1C(=S)N=NC1CCC1CCCCC1. The smallest absolute Gasteiger partial charge is 0.218 e. The molecule has 1 fully saturated rings. The van der Waals surface area contributed by atoms with Crippen LogP contribution in [0.4, 0.5) is 0 Å². The van der Waals surface area contributed by atoms with Crippen molar-refractivity contribution in [3.8, 4) is 0 Å². The third kappa shape index (κ3) is 3.35. The van der Waals surface area contributed by atoms with Gasteiger partial charge in [-0.1, -0.05) is 38.2 Å². The van der Waals surface area contributed by atoms with Gasteiger partial charge < -0.3 is 4.90 Å². The van der Waals surface area contributed by atoms with Gasteiger partial charge in [0.2, 0.25) is 5.11 Å². The second-order valence-corrected chi connectivity index (χ2v) is 5.37. The average molecular weight is 251 g/mol. The van der Waals surface area contributed by atoms with E-state index in [1.165, 1.54) is 38.5 Å². The minimum absolute atomic E-state index is 0.169. The predicted octanol–water partition coefficient (Wildman–Crippen LogP) is 3.91. The van der Waals surface area contributed by atoms with Gasteiger partial charge in [0.1, 0.15) is 6.17 Å². The van der Waals surface area contributed by atoms with E-state index in [-0.39, 0.29) is 6.17 Å². The van der Waals surface area contributed by atoms with Gasteiger partial charge in [0, 0.05) is 6.54 Å². The van der Waals surface area contributed by atoms with Crippen LogP contribution in [0.25, 0.3) is 0 Å².